The Kier molecular flexibility index (Phi) is 2.77. The number of hydrogen-bond donors (Lipinski definition) is 0. The third-order valence-electron chi connectivity index (χ3n) is 1.78. The summed E-state index contributed by atoms with van der Waals surface area (Å²) in [7, 11) is 3.17. The first-order valence-electron chi connectivity index (χ1n) is 3.28. The molecule has 1 rings (SSSR count). The van der Waals surface area contributed by atoms with Gasteiger partial charge >= 0.3 is 0 Å². The number of nitrogens with zero attached hydrogens (tertiary/aromatic N) is 2. The van der Waals surface area contributed by atoms with Gasteiger partial charge in [0, 0.05) is 14.1 Å². The maximum absolute atomic E-state index is 11.3. The lowest BCUT2D eigenvalue weighted by Crippen LogP contribution is -2.58. The molecule has 0 saturated carbocycles. The zero-order valence-corrected chi connectivity index (χ0v) is 9.79. The van der Waals surface area contributed by atoms with Crippen LogP contribution >= 0.6 is 31.9 Å². The smallest absolute Gasteiger partial charge is 0.257 e. The van der Waals surface area contributed by atoms with E-state index in [2.05, 4.69) is 31.9 Å². The van der Waals surface area contributed by atoms with E-state index in [1.54, 1.807) is 14.1 Å². The summed E-state index contributed by atoms with van der Waals surface area (Å²) in [6, 6.07) is 0. The van der Waals surface area contributed by atoms with Gasteiger partial charge < -0.3 is 9.80 Å². The average Bonchev–Trinajstić information content (AvgIpc) is 2.08. The Bertz CT molecular complexity index is 190. The van der Waals surface area contributed by atoms with E-state index in [0.717, 1.165) is 0 Å². The number of hydrogen-bond acceptors (Lipinski definition) is 2. The molecule has 0 spiro atoms. The van der Waals surface area contributed by atoms with Gasteiger partial charge in [-0.25, -0.2) is 0 Å². The van der Waals surface area contributed by atoms with Gasteiger partial charge in [-0.05, 0) is 0 Å². The SMILES string of the molecule is CN1C(=O)C(Br)N(C)C(=O)C1Br. The molecular formula is C6H8Br2N2O2. The lowest BCUT2D eigenvalue weighted by molar-refractivity contribution is -0.150. The van der Waals surface area contributed by atoms with Crippen LogP contribution < -0.4 is 0 Å². The Morgan fingerprint density at radius 1 is 1.00 bits per heavy atom. The van der Waals surface area contributed by atoms with Crippen molar-refractivity contribution in [2.24, 2.45) is 0 Å². The average molecular weight is 300 g/mol. The van der Waals surface area contributed by atoms with Crippen LogP contribution in [0.1, 0.15) is 0 Å². The van der Waals surface area contributed by atoms with Crippen molar-refractivity contribution in [2.75, 3.05) is 14.1 Å². The van der Waals surface area contributed by atoms with Gasteiger partial charge in [0.2, 0.25) is 0 Å². The van der Waals surface area contributed by atoms with Crippen LogP contribution in [0.15, 0.2) is 0 Å². The minimum absolute atomic E-state index is 0.126. The quantitative estimate of drug-likeness (QED) is 0.479. The number of carbonyl (C=O) groups excluding carboxylic acids is 2. The van der Waals surface area contributed by atoms with Gasteiger partial charge in [0.15, 0.2) is 9.90 Å². The first-order valence-corrected chi connectivity index (χ1v) is 5.11. The molecule has 68 valence electrons. The zero-order chi connectivity index (χ0) is 9.46. The molecule has 1 heterocycles. The maximum Gasteiger partial charge on any atom is 0.257 e. The summed E-state index contributed by atoms with van der Waals surface area (Å²) >= 11 is 6.24. The van der Waals surface area contributed by atoms with Crippen molar-refractivity contribution in [3.8, 4) is 0 Å². The van der Waals surface area contributed by atoms with Crippen LogP contribution in [0.2, 0.25) is 0 Å². The summed E-state index contributed by atoms with van der Waals surface area (Å²) in [5.74, 6) is -0.252. The Labute approximate surface area is 87.1 Å². The number of amides is 2. The third kappa shape index (κ3) is 1.37. The van der Waals surface area contributed by atoms with E-state index >= 15 is 0 Å². The molecule has 0 aliphatic carbocycles. The van der Waals surface area contributed by atoms with Crippen LogP contribution in [0.25, 0.3) is 0 Å². The van der Waals surface area contributed by atoms with Crippen LogP contribution in [-0.2, 0) is 9.59 Å². The number of likely N-dealkylation sites (N-methyl/N-ethyl adjacent to an activating group) is 2. The van der Waals surface area contributed by atoms with E-state index in [0.29, 0.717) is 0 Å². The van der Waals surface area contributed by atoms with E-state index in [-0.39, 0.29) is 11.8 Å². The highest BCUT2D eigenvalue weighted by Crippen LogP contribution is 2.21. The van der Waals surface area contributed by atoms with Crippen LogP contribution in [0.3, 0.4) is 0 Å². The Morgan fingerprint density at radius 3 is 1.50 bits per heavy atom. The highest BCUT2D eigenvalue weighted by atomic mass is 79.9. The summed E-state index contributed by atoms with van der Waals surface area (Å²) in [6.45, 7) is 0. The van der Waals surface area contributed by atoms with Crippen LogP contribution in [-0.4, -0.2) is 45.6 Å². The number of carbonyl (C=O) groups is 2. The molecule has 12 heavy (non-hydrogen) atoms. The molecule has 0 aromatic carbocycles. The van der Waals surface area contributed by atoms with E-state index in [9.17, 15) is 9.59 Å². The largest absolute Gasteiger partial charge is 0.322 e. The van der Waals surface area contributed by atoms with Crippen molar-refractivity contribution < 1.29 is 9.59 Å². The van der Waals surface area contributed by atoms with Gasteiger partial charge in [0.1, 0.15) is 0 Å². The van der Waals surface area contributed by atoms with Crippen molar-refractivity contribution in [3.63, 3.8) is 0 Å². The van der Waals surface area contributed by atoms with Crippen LogP contribution in [0.5, 0.6) is 0 Å². The summed E-state index contributed by atoms with van der Waals surface area (Å²) < 4.78 is 0. The van der Waals surface area contributed by atoms with Gasteiger partial charge in [0.05, 0.1) is 0 Å². The van der Waals surface area contributed by atoms with Gasteiger partial charge in [-0.2, -0.15) is 0 Å². The minimum Gasteiger partial charge on any atom is -0.322 e. The molecule has 2 amide bonds. The maximum atomic E-state index is 11.3. The zero-order valence-electron chi connectivity index (χ0n) is 6.62. The van der Waals surface area contributed by atoms with E-state index in [1.807, 2.05) is 0 Å². The van der Waals surface area contributed by atoms with Crippen molar-refractivity contribution in [3.05, 3.63) is 0 Å². The minimum atomic E-state index is -0.538. The lowest BCUT2D eigenvalue weighted by Gasteiger charge is -2.36. The fourth-order valence-electron chi connectivity index (χ4n) is 0.891. The first kappa shape index (κ1) is 9.98. The molecule has 0 bridgehead atoms. The Balaban J connectivity index is 2.91. The van der Waals surface area contributed by atoms with Gasteiger partial charge in [0.25, 0.3) is 11.8 Å². The van der Waals surface area contributed by atoms with E-state index in [1.165, 1.54) is 9.80 Å². The predicted octanol–water partition coefficient (Wildman–Crippen LogP) is 0.359. The van der Waals surface area contributed by atoms with Crippen molar-refractivity contribution in [2.45, 2.75) is 9.90 Å². The second-order valence-electron chi connectivity index (χ2n) is 2.57. The third-order valence-corrected chi connectivity index (χ3v) is 3.79. The van der Waals surface area contributed by atoms with E-state index in [4.69, 9.17) is 0 Å². The van der Waals surface area contributed by atoms with Crippen LogP contribution in [0.4, 0.5) is 0 Å². The highest BCUT2D eigenvalue weighted by Gasteiger charge is 2.39. The molecule has 4 nitrogen and oxygen atoms in total. The molecule has 2 unspecified atom stereocenters. The van der Waals surface area contributed by atoms with E-state index < -0.39 is 9.90 Å². The topological polar surface area (TPSA) is 40.6 Å². The fraction of sp³-hybridized carbons (Fsp3) is 0.667. The van der Waals surface area contributed by atoms with Gasteiger partial charge in [-0.3, -0.25) is 9.59 Å². The molecule has 1 aliphatic heterocycles. The predicted molar refractivity (Wildman–Crippen MR) is 51.0 cm³/mol. The number of alkyl halides is 2. The van der Waals surface area contributed by atoms with Crippen molar-refractivity contribution >= 4 is 43.7 Å². The summed E-state index contributed by atoms with van der Waals surface area (Å²) in [6.07, 6.45) is 0. The van der Waals surface area contributed by atoms with Crippen molar-refractivity contribution in [1.29, 1.82) is 0 Å². The molecule has 2 atom stereocenters. The fourth-order valence-corrected chi connectivity index (χ4v) is 1.94. The summed E-state index contributed by atoms with van der Waals surface area (Å²) in [5, 5.41) is 0. The van der Waals surface area contributed by atoms with Gasteiger partial charge in [-0.15, -0.1) is 0 Å². The molecule has 0 aromatic rings. The second kappa shape index (κ2) is 3.33. The summed E-state index contributed by atoms with van der Waals surface area (Å²) in [5.41, 5.74) is 0. The lowest BCUT2D eigenvalue weighted by atomic mass is 10.3. The number of rotatable bonds is 0. The Hall–Kier alpha value is -0.100. The standard InChI is InChI=1S/C6H8Br2N2O2/c1-9-3(7)6(12)10(2)4(8)5(9)11/h3-4H,1-2H3. The van der Waals surface area contributed by atoms with Gasteiger partial charge in [-0.1, -0.05) is 31.9 Å². The first-order chi connectivity index (χ1) is 5.46. The molecular weight excluding hydrogens is 292 g/mol. The molecule has 0 aromatic heterocycles. The number of halogens is 2. The molecule has 6 heteroatoms. The second-order valence-corrected chi connectivity index (χ2v) is 4.30. The molecule has 0 radical (unpaired) electrons. The molecule has 1 fully saturated rings. The van der Waals surface area contributed by atoms with Crippen molar-refractivity contribution in [1.82, 2.24) is 9.80 Å². The normalized spacial score (nSPS) is 31.3. The summed E-state index contributed by atoms with van der Waals surface area (Å²) in [4.78, 5) is 24.3. The Morgan fingerprint density at radius 2 is 1.25 bits per heavy atom. The molecule has 1 aliphatic rings. The monoisotopic (exact) mass is 298 g/mol. The molecule has 0 N–H and O–H groups in total. The highest BCUT2D eigenvalue weighted by molar-refractivity contribution is 9.10. The van der Waals surface area contributed by atoms with Crippen LogP contribution in [0, 0.1) is 0 Å². The molecule has 1 saturated heterocycles. The number of piperazine rings is 1.